The average molecular weight is 200 g/mol. The minimum absolute atomic E-state index is 0. The zero-order valence-corrected chi connectivity index (χ0v) is 6.81. The van der Waals surface area contributed by atoms with Gasteiger partial charge in [0, 0.05) is 21.7 Å². The third kappa shape index (κ3) is 55.6. The third-order valence-corrected chi connectivity index (χ3v) is 0. The largest absolute Gasteiger partial charge is 0 e. The molecule has 0 spiro atoms. The Kier molecular flexibility index (Phi) is 86.0. The van der Waals surface area contributed by atoms with E-state index in [2.05, 4.69) is 0 Å². The molecule has 0 aliphatic carbocycles. The fraction of sp³-hybridized carbons (Fsp3) is 0. The van der Waals surface area contributed by atoms with Crippen molar-refractivity contribution in [2.45, 2.75) is 0 Å². The van der Waals surface area contributed by atoms with Crippen molar-refractivity contribution in [1.82, 2.24) is 0 Å². The Labute approximate surface area is 66.7 Å². The van der Waals surface area contributed by atoms with Gasteiger partial charge in [-0.1, -0.05) is 0 Å². The van der Waals surface area contributed by atoms with E-state index >= 15 is 0 Å². The van der Waals surface area contributed by atoms with Gasteiger partial charge in [-0.15, -0.1) is 0 Å². The van der Waals surface area contributed by atoms with Crippen molar-refractivity contribution < 1.29 is 67.2 Å². The molecule has 0 aliphatic rings. The fourth-order valence-electron chi connectivity index (χ4n) is 0. The second-order valence-electron chi connectivity index (χ2n) is 0.0833. The molecule has 0 unspecified atom stereocenters. The zero-order chi connectivity index (χ0) is 4.71. The third-order valence-electron chi connectivity index (χ3n) is 0. The first-order valence-corrected chi connectivity index (χ1v) is 2.28. The van der Waals surface area contributed by atoms with Gasteiger partial charge >= 0.3 is 45.5 Å². The first kappa shape index (κ1) is 15.7. The molecule has 0 amide bonds. The molecule has 0 fully saturated rings. The minimum Gasteiger partial charge on any atom is 0 e. The molecule has 0 saturated carbocycles. The summed E-state index contributed by atoms with van der Waals surface area (Å²) >= 11 is 0. The Morgan fingerprint density at radius 3 is 1.17 bits per heavy atom. The second kappa shape index (κ2) is 32.9. The van der Waals surface area contributed by atoms with E-state index in [0.29, 0.717) is 0 Å². The summed E-state index contributed by atoms with van der Waals surface area (Å²) in [7, 11) is 0. The van der Waals surface area contributed by atoms with Crippen molar-refractivity contribution in [3.8, 4) is 0 Å². The van der Waals surface area contributed by atoms with Crippen LogP contribution in [0, 0.1) is 0 Å². The van der Waals surface area contributed by atoms with Gasteiger partial charge in [0.15, 0.2) is 0 Å². The van der Waals surface area contributed by atoms with E-state index in [1.807, 2.05) is 15.9 Å². The van der Waals surface area contributed by atoms with Crippen molar-refractivity contribution in [1.29, 1.82) is 0 Å². The molecule has 0 saturated heterocycles. The van der Waals surface area contributed by atoms with Gasteiger partial charge in [0.05, 0.1) is 0 Å². The summed E-state index contributed by atoms with van der Waals surface area (Å²) in [6, 6.07) is 0. The molecule has 0 N–H and O–H groups in total. The van der Waals surface area contributed by atoms with Crippen LogP contribution in [0.25, 0.3) is 0 Å². The summed E-state index contributed by atoms with van der Waals surface area (Å²) in [4.78, 5) is 0. The van der Waals surface area contributed by atoms with E-state index in [1.54, 1.807) is 0 Å². The van der Waals surface area contributed by atoms with Crippen LogP contribution in [-0.2, 0) is 67.2 Å². The summed E-state index contributed by atoms with van der Waals surface area (Å²) < 4.78 is 25.0. The van der Waals surface area contributed by atoms with Crippen LogP contribution in [0.15, 0.2) is 0 Å². The Bertz CT molecular complexity index is 38.1. The predicted octanol–water partition coefficient (Wildman–Crippen LogP) is -0.364. The Morgan fingerprint density at radius 1 is 1.17 bits per heavy atom. The molecule has 34 valence electrons. The molecule has 0 heterocycles. The molecule has 0 aromatic carbocycles. The van der Waals surface area contributed by atoms with E-state index in [0.717, 1.165) is 0 Å². The van der Waals surface area contributed by atoms with Crippen LogP contribution in [0.1, 0.15) is 0 Å². The number of hydrogen-bond donors (Lipinski definition) is 0. The van der Waals surface area contributed by atoms with Crippen molar-refractivity contribution >= 4 is 0 Å². The van der Waals surface area contributed by atoms with E-state index in [9.17, 15) is 0 Å². The molecule has 0 rings (SSSR count). The number of rotatable bonds is 0. The zero-order valence-electron chi connectivity index (χ0n) is 2.58. The first-order valence-electron chi connectivity index (χ1n) is 0.553. The minimum atomic E-state index is -2.00. The van der Waals surface area contributed by atoms with Crippen LogP contribution in [0.5, 0.6) is 0 Å². The molecule has 3 nitrogen and oxygen atoms in total. The molecule has 0 aromatic heterocycles. The smallest absolute Gasteiger partial charge is 0 e. The predicted molar refractivity (Wildman–Crippen MR) is 2.06 cm³/mol. The molecule has 0 radical (unpaired) electrons. The van der Waals surface area contributed by atoms with Gasteiger partial charge in [-0.25, -0.2) is 0 Å². The molecule has 0 atom stereocenters. The molecule has 6 heavy (non-hydrogen) atoms. The van der Waals surface area contributed by atoms with Gasteiger partial charge in [0.1, 0.15) is 0 Å². The van der Waals surface area contributed by atoms with Crippen LogP contribution in [0.4, 0.5) is 0 Å². The van der Waals surface area contributed by atoms with Crippen LogP contribution in [0.3, 0.4) is 0 Å². The summed E-state index contributed by atoms with van der Waals surface area (Å²) in [5, 5.41) is 0. The summed E-state index contributed by atoms with van der Waals surface area (Å²) in [5.41, 5.74) is 0. The maximum Gasteiger partial charge on any atom is 0 e. The van der Waals surface area contributed by atoms with E-state index in [-0.39, 0.29) is 21.7 Å². The molecule has 0 bridgehead atoms. The quantitative estimate of drug-likeness (QED) is 0.501. The van der Waals surface area contributed by atoms with Crippen molar-refractivity contribution in [2.75, 3.05) is 0 Å². The Balaban J connectivity index is -0.0000000275. The van der Waals surface area contributed by atoms with Gasteiger partial charge in [0.25, 0.3) is 0 Å². The van der Waals surface area contributed by atoms with Gasteiger partial charge in [0.2, 0.25) is 0 Å². The van der Waals surface area contributed by atoms with Crippen molar-refractivity contribution in [3.05, 3.63) is 0 Å². The topological polar surface area (TPSA) is 51.2 Å². The van der Waals surface area contributed by atoms with E-state index < -0.39 is 19.1 Å². The first-order chi connectivity index (χ1) is 2.41. The molecular formula is FeO3Ti2. The van der Waals surface area contributed by atoms with Crippen LogP contribution in [0.2, 0.25) is 0 Å². The standard InChI is InChI=1S/Fe.3O.2Ti. The second-order valence-corrected chi connectivity index (χ2v) is 0.344. The fourth-order valence-corrected chi connectivity index (χ4v) is 0. The molecule has 0 aromatic rings. The Hall–Kier alpha value is 1.35. The van der Waals surface area contributed by atoms with E-state index in [1.165, 1.54) is 0 Å². The van der Waals surface area contributed by atoms with Gasteiger partial charge in [-0.05, 0) is 0 Å². The van der Waals surface area contributed by atoms with Crippen molar-refractivity contribution in [3.63, 3.8) is 0 Å². The normalized spacial score (nSPS) is 2.17. The SMILES string of the molecule is [O]=[Fe].[O]=[Ti]=[O].[Ti]. The van der Waals surface area contributed by atoms with Crippen molar-refractivity contribution in [2.24, 2.45) is 0 Å². The molecular weight excluding hydrogens is 200 g/mol. The summed E-state index contributed by atoms with van der Waals surface area (Å²) in [5.74, 6) is 0. The average Bonchev–Trinajstić information content (AvgIpc) is 1.46. The molecule has 6 heteroatoms. The molecule has 0 aliphatic heterocycles. The Morgan fingerprint density at radius 2 is 1.17 bits per heavy atom. The summed E-state index contributed by atoms with van der Waals surface area (Å²) in [6.45, 7) is 0. The summed E-state index contributed by atoms with van der Waals surface area (Å²) in [6.07, 6.45) is 0. The maximum atomic E-state index is 8.50. The van der Waals surface area contributed by atoms with Crippen LogP contribution < -0.4 is 0 Å². The van der Waals surface area contributed by atoms with Crippen LogP contribution >= 0.6 is 0 Å². The van der Waals surface area contributed by atoms with Gasteiger partial charge in [-0.2, -0.15) is 0 Å². The van der Waals surface area contributed by atoms with E-state index in [4.69, 9.17) is 10.5 Å². The van der Waals surface area contributed by atoms with Gasteiger partial charge < -0.3 is 0 Å². The van der Waals surface area contributed by atoms with Gasteiger partial charge in [-0.3, -0.25) is 0 Å². The number of hydrogen-bond acceptors (Lipinski definition) is 3. The maximum absolute atomic E-state index is 8.50. The monoisotopic (exact) mass is 200 g/mol. The van der Waals surface area contributed by atoms with Crippen LogP contribution in [-0.4, -0.2) is 0 Å².